The Morgan fingerprint density at radius 2 is 2.00 bits per heavy atom. The Hall–Kier alpha value is -1.33. The highest BCUT2D eigenvalue weighted by molar-refractivity contribution is 5.98. The van der Waals surface area contributed by atoms with Gasteiger partial charge in [0.1, 0.15) is 17.6 Å². The Kier molecular flexibility index (Phi) is 3.73. The van der Waals surface area contributed by atoms with E-state index in [4.69, 9.17) is 0 Å². The second-order valence-electron chi connectivity index (χ2n) is 5.00. The number of rotatable bonds is 2. The molecule has 0 aromatic carbocycles. The summed E-state index contributed by atoms with van der Waals surface area (Å²) in [5, 5.41) is 37.9. The first-order chi connectivity index (χ1) is 8.49. The smallest absolute Gasteiger partial charge is 0.165 e. The van der Waals surface area contributed by atoms with Crippen molar-refractivity contribution < 1.29 is 25.2 Å². The second-order valence-corrected chi connectivity index (χ2v) is 5.00. The van der Waals surface area contributed by atoms with Gasteiger partial charge in [0, 0.05) is 17.9 Å². The Morgan fingerprint density at radius 1 is 1.28 bits per heavy atom. The van der Waals surface area contributed by atoms with E-state index in [-0.39, 0.29) is 30.1 Å². The van der Waals surface area contributed by atoms with Crippen molar-refractivity contribution in [1.29, 1.82) is 0 Å². The molecule has 2 aliphatic rings. The highest BCUT2D eigenvalue weighted by atomic mass is 16.3. The number of carbonyl (C=O) groups is 1. The SMILES string of the molecule is O=C(C1=C(O)CC(O)CC1)C1CC=C(O)C(O)C1. The van der Waals surface area contributed by atoms with Crippen LogP contribution in [0.4, 0.5) is 0 Å². The summed E-state index contributed by atoms with van der Waals surface area (Å²) in [6.45, 7) is 0. The third-order valence-electron chi connectivity index (χ3n) is 3.63. The number of hydrogen-bond donors (Lipinski definition) is 4. The van der Waals surface area contributed by atoms with Crippen LogP contribution in [-0.4, -0.2) is 38.4 Å². The monoisotopic (exact) mass is 254 g/mol. The second kappa shape index (κ2) is 5.12. The Balaban J connectivity index is 2.11. The number of ketones is 1. The molecule has 100 valence electrons. The molecule has 5 nitrogen and oxygen atoms in total. The topological polar surface area (TPSA) is 98.0 Å². The van der Waals surface area contributed by atoms with E-state index >= 15 is 0 Å². The number of aliphatic hydroxyl groups is 4. The van der Waals surface area contributed by atoms with E-state index in [1.54, 1.807) is 0 Å². The van der Waals surface area contributed by atoms with Crippen LogP contribution < -0.4 is 0 Å². The van der Waals surface area contributed by atoms with E-state index in [1.165, 1.54) is 6.08 Å². The van der Waals surface area contributed by atoms with Crippen LogP contribution in [0.15, 0.2) is 23.2 Å². The van der Waals surface area contributed by atoms with Gasteiger partial charge in [-0.15, -0.1) is 0 Å². The average Bonchev–Trinajstić information content (AvgIpc) is 2.32. The lowest BCUT2D eigenvalue weighted by Gasteiger charge is -2.26. The Bertz CT molecular complexity index is 410. The van der Waals surface area contributed by atoms with E-state index in [2.05, 4.69) is 0 Å². The molecule has 3 unspecified atom stereocenters. The van der Waals surface area contributed by atoms with Gasteiger partial charge < -0.3 is 20.4 Å². The molecule has 0 spiro atoms. The van der Waals surface area contributed by atoms with Crippen molar-refractivity contribution in [3.05, 3.63) is 23.2 Å². The standard InChI is InChI=1S/C13H18O5/c14-8-2-3-9(11(16)6-8)13(18)7-1-4-10(15)12(17)5-7/h4,7-8,12,14-17H,1-3,5-6H2. The van der Waals surface area contributed by atoms with E-state index in [9.17, 15) is 25.2 Å². The molecular weight excluding hydrogens is 236 g/mol. The van der Waals surface area contributed by atoms with Crippen molar-refractivity contribution in [2.45, 2.75) is 44.3 Å². The van der Waals surface area contributed by atoms with Crippen LogP contribution in [0.2, 0.25) is 0 Å². The summed E-state index contributed by atoms with van der Waals surface area (Å²) in [6, 6.07) is 0. The molecule has 0 aliphatic heterocycles. The molecule has 3 atom stereocenters. The molecule has 0 saturated heterocycles. The number of aliphatic hydroxyl groups excluding tert-OH is 4. The van der Waals surface area contributed by atoms with Gasteiger partial charge in [-0.05, 0) is 31.8 Å². The van der Waals surface area contributed by atoms with Crippen LogP contribution in [0.5, 0.6) is 0 Å². The molecule has 5 heteroatoms. The van der Waals surface area contributed by atoms with E-state index in [1.807, 2.05) is 0 Å². The maximum Gasteiger partial charge on any atom is 0.165 e. The first-order valence-corrected chi connectivity index (χ1v) is 6.19. The minimum atomic E-state index is -0.996. The van der Waals surface area contributed by atoms with Gasteiger partial charge in [-0.2, -0.15) is 0 Å². The summed E-state index contributed by atoms with van der Waals surface area (Å²) in [5.41, 5.74) is 0.368. The zero-order valence-electron chi connectivity index (χ0n) is 10.0. The summed E-state index contributed by atoms with van der Waals surface area (Å²) in [6.07, 6.45) is 1.40. The largest absolute Gasteiger partial charge is 0.512 e. The molecule has 0 aromatic rings. The molecule has 0 aromatic heterocycles. The molecule has 4 N–H and O–H groups in total. The average molecular weight is 254 g/mol. The van der Waals surface area contributed by atoms with E-state index in [0.29, 0.717) is 24.8 Å². The van der Waals surface area contributed by atoms with Gasteiger partial charge in [0.15, 0.2) is 5.78 Å². The van der Waals surface area contributed by atoms with Crippen molar-refractivity contribution >= 4 is 5.78 Å². The predicted octanol–water partition coefficient (Wildman–Crippen LogP) is 1.13. The van der Waals surface area contributed by atoms with Crippen LogP contribution in [0.3, 0.4) is 0 Å². The van der Waals surface area contributed by atoms with Gasteiger partial charge >= 0.3 is 0 Å². The van der Waals surface area contributed by atoms with Crippen molar-refractivity contribution in [2.75, 3.05) is 0 Å². The number of Topliss-reactive ketones (excluding diaryl/α,β-unsaturated/α-hetero) is 1. The van der Waals surface area contributed by atoms with Crippen molar-refractivity contribution in [3.8, 4) is 0 Å². The maximum absolute atomic E-state index is 12.2. The highest BCUT2D eigenvalue weighted by Gasteiger charge is 2.32. The fourth-order valence-electron chi connectivity index (χ4n) is 2.52. The van der Waals surface area contributed by atoms with Gasteiger partial charge in [-0.1, -0.05) is 0 Å². The predicted molar refractivity (Wildman–Crippen MR) is 64.0 cm³/mol. The summed E-state index contributed by atoms with van der Waals surface area (Å²) >= 11 is 0. The van der Waals surface area contributed by atoms with E-state index in [0.717, 1.165) is 0 Å². The lowest BCUT2D eigenvalue weighted by molar-refractivity contribution is -0.121. The van der Waals surface area contributed by atoms with Gasteiger partial charge in [-0.25, -0.2) is 0 Å². The van der Waals surface area contributed by atoms with Gasteiger partial charge in [-0.3, -0.25) is 4.79 Å². The van der Waals surface area contributed by atoms with Crippen LogP contribution >= 0.6 is 0 Å². The molecule has 0 fully saturated rings. The quantitative estimate of drug-likeness (QED) is 0.592. The molecule has 0 amide bonds. The molecule has 0 bridgehead atoms. The lowest BCUT2D eigenvalue weighted by atomic mass is 9.81. The number of hydrogen-bond acceptors (Lipinski definition) is 5. The summed E-state index contributed by atoms with van der Waals surface area (Å²) < 4.78 is 0. The highest BCUT2D eigenvalue weighted by Crippen LogP contribution is 2.31. The molecule has 18 heavy (non-hydrogen) atoms. The summed E-state index contributed by atoms with van der Waals surface area (Å²) in [4.78, 5) is 12.2. The van der Waals surface area contributed by atoms with Crippen molar-refractivity contribution in [1.82, 2.24) is 0 Å². The van der Waals surface area contributed by atoms with Crippen molar-refractivity contribution in [3.63, 3.8) is 0 Å². The summed E-state index contributed by atoms with van der Waals surface area (Å²) in [7, 11) is 0. The fourth-order valence-corrected chi connectivity index (χ4v) is 2.52. The Labute approximate surface area is 105 Å². The van der Waals surface area contributed by atoms with E-state index < -0.39 is 18.1 Å². The molecule has 0 radical (unpaired) electrons. The minimum absolute atomic E-state index is 0.0352. The maximum atomic E-state index is 12.2. The van der Waals surface area contributed by atoms with Crippen LogP contribution in [-0.2, 0) is 4.79 Å². The van der Waals surface area contributed by atoms with Crippen LogP contribution in [0, 0.1) is 5.92 Å². The number of carbonyl (C=O) groups excluding carboxylic acids is 1. The zero-order chi connectivity index (χ0) is 13.3. The normalized spacial score (nSPS) is 33.2. The van der Waals surface area contributed by atoms with Crippen molar-refractivity contribution in [2.24, 2.45) is 5.92 Å². The van der Waals surface area contributed by atoms with Gasteiger partial charge in [0.25, 0.3) is 0 Å². The molecular formula is C13H18O5. The fraction of sp³-hybridized carbons (Fsp3) is 0.615. The first-order valence-electron chi connectivity index (χ1n) is 6.19. The van der Waals surface area contributed by atoms with Gasteiger partial charge in [0.05, 0.1) is 6.10 Å². The third kappa shape index (κ3) is 2.57. The van der Waals surface area contributed by atoms with Crippen LogP contribution in [0.1, 0.15) is 32.1 Å². The Morgan fingerprint density at radius 3 is 2.61 bits per heavy atom. The first kappa shape index (κ1) is 13.1. The molecule has 0 saturated carbocycles. The molecule has 2 rings (SSSR count). The molecule has 0 heterocycles. The summed E-state index contributed by atoms with van der Waals surface area (Å²) in [5.74, 6) is -0.700. The number of allylic oxidation sites excluding steroid dienone is 2. The third-order valence-corrected chi connectivity index (χ3v) is 3.63. The minimum Gasteiger partial charge on any atom is -0.512 e. The van der Waals surface area contributed by atoms with Crippen LogP contribution in [0.25, 0.3) is 0 Å². The van der Waals surface area contributed by atoms with Gasteiger partial charge in [0.2, 0.25) is 0 Å². The lowest BCUT2D eigenvalue weighted by Crippen LogP contribution is -2.29. The molecule has 2 aliphatic carbocycles. The zero-order valence-corrected chi connectivity index (χ0v) is 10.0.